The number of nitrogens with zero attached hydrogens (tertiary/aromatic N) is 1. The van der Waals surface area contributed by atoms with Crippen LogP contribution in [0.3, 0.4) is 0 Å². The second-order valence-corrected chi connectivity index (χ2v) is 4.39. The molecule has 1 aromatic rings. The van der Waals surface area contributed by atoms with Gasteiger partial charge in [-0.05, 0) is 11.0 Å². The third-order valence-corrected chi connectivity index (χ3v) is 3.27. The van der Waals surface area contributed by atoms with Crippen LogP contribution in [0.4, 0.5) is 0 Å². The van der Waals surface area contributed by atoms with E-state index in [1.165, 1.54) is 5.56 Å². The van der Waals surface area contributed by atoms with Crippen molar-refractivity contribution >= 4 is 16.4 Å². The predicted octanol–water partition coefficient (Wildman–Crippen LogP) is 2.58. The Morgan fingerprint density at radius 2 is 2.08 bits per heavy atom. The monoisotopic (exact) mass is 176 g/mol. The van der Waals surface area contributed by atoms with Crippen molar-refractivity contribution in [1.82, 2.24) is 0 Å². The second kappa shape index (κ2) is 3.59. The summed E-state index contributed by atoms with van der Waals surface area (Å²) in [6.45, 7) is 0. The van der Waals surface area contributed by atoms with Crippen LogP contribution in [-0.2, 0) is 5.75 Å². The quantitative estimate of drug-likeness (QED) is 0.665. The first-order chi connectivity index (χ1) is 5.95. The van der Waals surface area contributed by atoms with Gasteiger partial charge in [0.05, 0.1) is 0 Å². The summed E-state index contributed by atoms with van der Waals surface area (Å²) >= 11 is 0. The molecule has 0 saturated carbocycles. The molecule has 2 heteroatoms. The summed E-state index contributed by atoms with van der Waals surface area (Å²) in [6, 6.07) is 10.5. The van der Waals surface area contributed by atoms with Crippen LogP contribution in [0.5, 0.6) is 0 Å². The van der Waals surface area contributed by atoms with Gasteiger partial charge in [-0.1, -0.05) is 30.3 Å². The summed E-state index contributed by atoms with van der Waals surface area (Å²) < 4.78 is 0. The first-order valence-electron chi connectivity index (χ1n) is 3.88. The Bertz CT molecular complexity index is 291. The molecule has 0 aliphatic carbocycles. The molecule has 1 unspecified atom stereocenters. The third kappa shape index (κ3) is 1.77. The van der Waals surface area contributed by atoms with Crippen LogP contribution >= 0.6 is 10.9 Å². The van der Waals surface area contributed by atoms with E-state index >= 15 is 0 Å². The number of aliphatic imine (C=N–C) groups is 1. The molecule has 1 aliphatic heterocycles. The molecule has 61 valence electrons. The van der Waals surface area contributed by atoms with Crippen molar-refractivity contribution in [3.8, 4) is 0 Å². The van der Waals surface area contributed by atoms with Gasteiger partial charge in [0.15, 0.2) is 0 Å². The number of hydrogen-bond acceptors (Lipinski definition) is 1. The van der Waals surface area contributed by atoms with Gasteiger partial charge in [0.25, 0.3) is 0 Å². The highest BCUT2D eigenvalue weighted by atomic mass is 32.2. The maximum Gasteiger partial charge on any atom is 0.111 e. The van der Waals surface area contributed by atoms with E-state index < -0.39 is 0 Å². The number of thiol groups is 1. The molecule has 2 rings (SSSR count). The lowest BCUT2D eigenvalue weighted by Gasteiger charge is -2.06. The fraction of sp³-hybridized carbons (Fsp3) is 0.100. The van der Waals surface area contributed by atoms with Gasteiger partial charge in [-0.25, -0.2) is 4.99 Å². The van der Waals surface area contributed by atoms with Crippen molar-refractivity contribution < 1.29 is 0 Å². The lowest BCUT2D eigenvalue weighted by molar-refractivity contribution is 1.42. The van der Waals surface area contributed by atoms with Gasteiger partial charge in [0.1, 0.15) is 5.55 Å². The van der Waals surface area contributed by atoms with Gasteiger partial charge in [-0.3, -0.25) is 0 Å². The Balaban J connectivity index is 2.04. The summed E-state index contributed by atoms with van der Waals surface area (Å²) in [5.74, 6) is 1.08. The average molecular weight is 176 g/mol. The molecule has 1 nitrogen and oxygen atoms in total. The zero-order valence-electron chi connectivity index (χ0n) is 6.64. The molecule has 0 amide bonds. The summed E-state index contributed by atoms with van der Waals surface area (Å²) in [5, 5.41) is 2.14. The Morgan fingerprint density at radius 3 is 2.75 bits per heavy atom. The molecule has 0 aromatic heterocycles. The standard InChI is InChI=1S/C10H10NS/c1-2-4-10(5-3-1)8-12-7-6-11-9-12/h1-7,12H,8H2. The fourth-order valence-corrected chi connectivity index (χ4v) is 2.41. The van der Waals surface area contributed by atoms with Crippen molar-refractivity contribution in [2.75, 3.05) is 0 Å². The summed E-state index contributed by atoms with van der Waals surface area (Å²) in [7, 11) is -0.219. The van der Waals surface area contributed by atoms with E-state index in [1.807, 2.05) is 12.3 Å². The number of benzene rings is 1. The number of hydrogen-bond donors (Lipinski definition) is 1. The Morgan fingerprint density at radius 1 is 1.25 bits per heavy atom. The maximum absolute atomic E-state index is 3.96. The van der Waals surface area contributed by atoms with Gasteiger partial charge >= 0.3 is 0 Å². The molecular weight excluding hydrogens is 166 g/mol. The van der Waals surface area contributed by atoms with Crippen LogP contribution in [0, 0.1) is 0 Å². The van der Waals surface area contributed by atoms with Gasteiger partial charge in [0, 0.05) is 12.0 Å². The second-order valence-electron chi connectivity index (χ2n) is 2.64. The first-order valence-corrected chi connectivity index (χ1v) is 5.47. The fourth-order valence-electron chi connectivity index (χ4n) is 1.12. The Hall–Kier alpha value is -1.02. The van der Waals surface area contributed by atoms with Crippen molar-refractivity contribution in [2.45, 2.75) is 5.75 Å². The largest absolute Gasteiger partial charge is 0.248 e. The highest BCUT2D eigenvalue weighted by Crippen LogP contribution is 2.31. The third-order valence-electron chi connectivity index (χ3n) is 1.70. The minimum Gasteiger partial charge on any atom is -0.248 e. The molecule has 0 fully saturated rings. The highest BCUT2D eigenvalue weighted by Gasteiger charge is 2.01. The van der Waals surface area contributed by atoms with Crippen molar-refractivity contribution in [3.05, 3.63) is 47.5 Å². The zero-order chi connectivity index (χ0) is 8.23. The SMILES string of the molecule is [C]1=NC=C[SH]1Cc1ccccc1. The topological polar surface area (TPSA) is 12.4 Å². The number of rotatable bonds is 2. The smallest absolute Gasteiger partial charge is 0.111 e. The molecular formula is C10H10NS. The van der Waals surface area contributed by atoms with Crippen LogP contribution in [0.1, 0.15) is 5.56 Å². The van der Waals surface area contributed by atoms with Crippen molar-refractivity contribution in [2.24, 2.45) is 4.99 Å². The van der Waals surface area contributed by atoms with E-state index in [1.54, 1.807) is 0 Å². The van der Waals surface area contributed by atoms with Gasteiger partial charge < -0.3 is 0 Å². The maximum atomic E-state index is 3.96. The zero-order valence-corrected chi connectivity index (χ0v) is 7.54. The van der Waals surface area contributed by atoms with Gasteiger partial charge in [-0.15, -0.1) is 0 Å². The van der Waals surface area contributed by atoms with Crippen LogP contribution in [0.25, 0.3) is 0 Å². The molecule has 12 heavy (non-hydrogen) atoms. The Labute approximate surface area is 75.2 Å². The van der Waals surface area contributed by atoms with E-state index in [-0.39, 0.29) is 10.9 Å². The molecule has 0 saturated heterocycles. The molecule has 1 atom stereocenters. The van der Waals surface area contributed by atoms with E-state index in [0.29, 0.717) is 0 Å². The highest BCUT2D eigenvalue weighted by molar-refractivity contribution is 8.30. The molecule has 1 heterocycles. The molecule has 1 aliphatic rings. The van der Waals surface area contributed by atoms with Crippen molar-refractivity contribution in [3.63, 3.8) is 0 Å². The summed E-state index contributed by atoms with van der Waals surface area (Å²) in [4.78, 5) is 3.96. The van der Waals surface area contributed by atoms with E-state index in [2.05, 4.69) is 40.2 Å². The van der Waals surface area contributed by atoms with Gasteiger partial charge in [-0.2, -0.15) is 10.9 Å². The van der Waals surface area contributed by atoms with Crippen LogP contribution in [-0.4, -0.2) is 5.55 Å². The molecule has 1 aromatic carbocycles. The van der Waals surface area contributed by atoms with Crippen LogP contribution < -0.4 is 0 Å². The molecule has 0 N–H and O–H groups in total. The van der Waals surface area contributed by atoms with E-state index in [0.717, 1.165) is 5.75 Å². The summed E-state index contributed by atoms with van der Waals surface area (Å²) in [5.41, 5.74) is 4.46. The molecule has 0 bridgehead atoms. The van der Waals surface area contributed by atoms with E-state index in [9.17, 15) is 0 Å². The van der Waals surface area contributed by atoms with Crippen LogP contribution in [0.2, 0.25) is 0 Å². The average Bonchev–Trinajstić information content (AvgIpc) is 2.59. The summed E-state index contributed by atoms with van der Waals surface area (Å²) in [6.07, 6.45) is 1.84. The molecule has 1 radical (unpaired) electrons. The minimum absolute atomic E-state index is 0.219. The van der Waals surface area contributed by atoms with Gasteiger partial charge in [0.2, 0.25) is 0 Å². The van der Waals surface area contributed by atoms with Crippen LogP contribution in [0.15, 0.2) is 46.9 Å². The van der Waals surface area contributed by atoms with E-state index in [4.69, 9.17) is 0 Å². The minimum atomic E-state index is -0.219. The van der Waals surface area contributed by atoms with Crippen molar-refractivity contribution in [1.29, 1.82) is 0 Å². The normalized spacial score (nSPS) is 23.2. The first kappa shape index (κ1) is 7.62. The molecule has 0 spiro atoms. The lowest BCUT2D eigenvalue weighted by Crippen LogP contribution is -1.83. The Kier molecular flexibility index (Phi) is 2.28. The predicted molar refractivity (Wildman–Crippen MR) is 55.7 cm³/mol. The lowest BCUT2D eigenvalue weighted by atomic mass is 10.2.